The number of hydrogen-bond acceptors (Lipinski definition) is 5. The molecule has 0 spiro atoms. The van der Waals surface area contributed by atoms with Crippen LogP contribution in [0.25, 0.3) is 0 Å². The molecule has 0 saturated heterocycles. The SMILES string of the molecule is COc1cc(OCCCN)cc(OC)c1OC. The van der Waals surface area contributed by atoms with Crippen molar-refractivity contribution in [3.05, 3.63) is 12.1 Å². The standard InChI is InChI=1S/C12H19NO4/c1-14-10-7-9(17-6-4-5-13)8-11(15-2)12(10)16-3/h7-8H,4-6,13H2,1-3H3. The Morgan fingerprint density at radius 1 is 1.00 bits per heavy atom. The van der Waals surface area contributed by atoms with E-state index in [9.17, 15) is 0 Å². The van der Waals surface area contributed by atoms with Crippen molar-refractivity contribution in [1.29, 1.82) is 0 Å². The van der Waals surface area contributed by atoms with Gasteiger partial charge in [-0.15, -0.1) is 0 Å². The molecule has 17 heavy (non-hydrogen) atoms. The fourth-order valence-electron chi connectivity index (χ4n) is 1.41. The van der Waals surface area contributed by atoms with E-state index in [0.717, 1.165) is 6.42 Å². The molecule has 2 N–H and O–H groups in total. The highest BCUT2D eigenvalue weighted by molar-refractivity contribution is 5.55. The molecule has 0 saturated carbocycles. The van der Waals surface area contributed by atoms with Gasteiger partial charge < -0.3 is 24.7 Å². The first-order valence-electron chi connectivity index (χ1n) is 5.39. The van der Waals surface area contributed by atoms with Gasteiger partial charge in [0.15, 0.2) is 11.5 Å². The van der Waals surface area contributed by atoms with Crippen LogP contribution in [0.5, 0.6) is 23.0 Å². The third kappa shape index (κ3) is 3.42. The zero-order valence-electron chi connectivity index (χ0n) is 10.5. The lowest BCUT2D eigenvalue weighted by Crippen LogP contribution is -2.06. The van der Waals surface area contributed by atoms with Gasteiger partial charge in [0.1, 0.15) is 5.75 Å². The van der Waals surface area contributed by atoms with Gasteiger partial charge in [0.25, 0.3) is 0 Å². The lowest BCUT2D eigenvalue weighted by Gasteiger charge is -2.14. The van der Waals surface area contributed by atoms with Gasteiger partial charge in [0.2, 0.25) is 5.75 Å². The maximum absolute atomic E-state index is 5.54. The lowest BCUT2D eigenvalue weighted by molar-refractivity contribution is 0.296. The molecule has 96 valence electrons. The summed E-state index contributed by atoms with van der Waals surface area (Å²) in [5.74, 6) is 2.39. The Hall–Kier alpha value is -1.62. The highest BCUT2D eigenvalue weighted by atomic mass is 16.5. The van der Waals surface area contributed by atoms with Gasteiger partial charge in [-0.25, -0.2) is 0 Å². The fraction of sp³-hybridized carbons (Fsp3) is 0.500. The summed E-state index contributed by atoms with van der Waals surface area (Å²) in [5.41, 5.74) is 5.40. The first-order valence-corrected chi connectivity index (χ1v) is 5.39. The van der Waals surface area contributed by atoms with Crippen molar-refractivity contribution >= 4 is 0 Å². The van der Waals surface area contributed by atoms with Gasteiger partial charge in [-0.2, -0.15) is 0 Å². The van der Waals surface area contributed by atoms with Crippen LogP contribution >= 0.6 is 0 Å². The van der Waals surface area contributed by atoms with Gasteiger partial charge in [0, 0.05) is 12.1 Å². The van der Waals surface area contributed by atoms with Crippen molar-refractivity contribution in [2.75, 3.05) is 34.5 Å². The van der Waals surface area contributed by atoms with Crippen LogP contribution in [0, 0.1) is 0 Å². The van der Waals surface area contributed by atoms with Gasteiger partial charge >= 0.3 is 0 Å². The van der Waals surface area contributed by atoms with Gasteiger partial charge in [-0.3, -0.25) is 0 Å². The van der Waals surface area contributed by atoms with Crippen molar-refractivity contribution in [3.63, 3.8) is 0 Å². The molecule has 0 radical (unpaired) electrons. The quantitative estimate of drug-likeness (QED) is 0.732. The maximum atomic E-state index is 5.54. The molecule has 0 amide bonds. The van der Waals surface area contributed by atoms with E-state index < -0.39 is 0 Å². The van der Waals surface area contributed by atoms with Crippen LogP contribution in [0.1, 0.15) is 6.42 Å². The Morgan fingerprint density at radius 2 is 1.59 bits per heavy atom. The molecular weight excluding hydrogens is 222 g/mol. The molecule has 1 rings (SSSR count). The zero-order chi connectivity index (χ0) is 12.7. The smallest absolute Gasteiger partial charge is 0.203 e. The molecule has 0 aliphatic heterocycles. The van der Waals surface area contributed by atoms with E-state index in [1.165, 1.54) is 0 Å². The van der Waals surface area contributed by atoms with E-state index in [1.807, 2.05) is 0 Å². The molecule has 1 aromatic carbocycles. The first kappa shape index (κ1) is 13.4. The molecule has 0 fully saturated rings. The van der Waals surface area contributed by atoms with Crippen LogP contribution in [-0.2, 0) is 0 Å². The second kappa shape index (κ2) is 6.85. The van der Waals surface area contributed by atoms with Crippen molar-refractivity contribution in [2.45, 2.75) is 6.42 Å². The normalized spacial score (nSPS) is 9.88. The summed E-state index contributed by atoms with van der Waals surface area (Å²) < 4.78 is 21.2. The molecule has 0 unspecified atom stereocenters. The minimum Gasteiger partial charge on any atom is -0.493 e. The van der Waals surface area contributed by atoms with Gasteiger partial charge in [0.05, 0.1) is 27.9 Å². The Bertz CT molecular complexity index is 329. The zero-order valence-corrected chi connectivity index (χ0v) is 10.5. The molecule has 0 aromatic heterocycles. The number of nitrogens with two attached hydrogens (primary N) is 1. The average molecular weight is 241 g/mol. The second-order valence-corrected chi connectivity index (χ2v) is 3.35. The summed E-state index contributed by atoms with van der Waals surface area (Å²) in [6, 6.07) is 3.52. The van der Waals surface area contributed by atoms with Crippen LogP contribution in [0.3, 0.4) is 0 Å². The van der Waals surface area contributed by atoms with E-state index in [2.05, 4.69) is 0 Å². The van der Waals surface area contributed by atoms with Crippen molar-refractivity contribution < 1.29 is 18.9 Å². The highest BCUT2D eigenvalue weighted by Gasteiger charge is 2.13. The monoisotopic (exact) mass is 241 g/mol. The molecular formula is C12H19NO4. The molecule has 5 heteroatoms. The number of hydrogen-bond donors (Lipinski definition) is 1. The number of methoxy groups -OCH3 is 3. The van der Waals surface area contributed by atoms with Crippen LogP contribution < -0.4 is 24.7 Å². The van der Waals surface area contributed by atoms with Gasteiger partial charge in [-0.1, -0.05) is 0 Å². The third-order valence-electron chi connectivity index (χ3n) is 2.26. The van der Waals surface area contributed by atoms with Crippen LogP contribution in [0.4, 0.5) is 0 Å². The van der Waals surface area contributed by atoms with E-state index >= 15 is 0 Å². The molecule has 1 aromatic rings. The first-order chi connectivity index (χ1) is 8.26. The summed E-state index contributed by atoms with van der Waals surface area (Å²) in [6.07, 6.45) is 0.802. The summed E-state index contributed by atoms with van der Waals surface area (Å²) in [6.45, 7) is 1.17. The molecule has 0 aliphatic rings. The Kier molecular flexibility index (Phi) is 5.42. The van der Waals surface area contributed by atoms with E-state index in [1.54, 1.807) is 33.5 Å². The van der Waals surface area contributed by atoms with Crippen LogP contribution in [-0.4, -0.2) is 34.5 Å². The molecule has 5 nitrogen and oxygen atoms in total. The summed E-state index contributed by atoms with van der Waals surface area (Å²) in [5, 5.41) is 0. The molecule has 0 heterocycles. The topological polar surface area (TPSA) is 62.9 Å². The van der Waals surface area contributed by atoms with Crippen LogP contribution in [0.2, 0.25) is 0 Å². The Balaban J connectivity index is 2.92. The molecule has 0 aliphatic carbocycles. The maximum Gasteiger partial charge on any atom is 0.203 e. The second-order valence-electron chi connectivity index (χ2n) is 3.35. The largest absolute Gasteiger partial charge is 0.493 e. The summed E-state index contributed by atoms with van der Waals surface area (Å²) >= 11 is 0. The predicted octanol–water partition coefficient (Wildman–Crippen LogP) is 1.44. The number of ether oxygens (including phenoxy) is 4. The van der Waals surface area contributed by atoms with E-state index in [4.69, 9.17) is 24.7 Å². The fourth-order valence-corrected chi connectivity index (χ4v) is 1.41. The average Bonchev–Trinajstić information content (AvgIpc) is 2.37. The van der Waals surface area contributed by atoms with Crippen LogP contribution in [0.15, 0.2) is 12.1 Å². The minimum absolute atomic E-state index is 0.557. The third-order valence-corrected chi connectivity index (χ3v) is 2.26. The number of rotatable bonds is 7. The molecule has 0 bridgehead atoms. The minimum atomic E-state index is 0.557. The van der Waals surface area contributed by atoms with Crippen molar-refractivity contribution in [2.24, 2.45) is 5.73 Å². The van der Waals surface area contributed by atoms with E-state index in [0.29, 0.717) is 36.1 Å². The predicted molar refractivity (Wildman–Crippen MR) is 65.3 cm³/mol. The lowest BCUT2D eigenvalue weighted by atomic mass is 10.2. The number of benzene rings is 1. The van der Waals surface area contributed by atoms with Gasteiger partial charge in [-0.05, 0) is 13.0 Å². The molecule has 0 atom stereocenters. The van der Waals surface area contributed by atoms with E-state index in [-0.39, 0.29) is 0 Å². The highest BCUT2D eigenvalue weighted by Crippen LogP contribution is 2.40. The Morgan fingerprint density at radius 3 is 2.00 bits per heavy atom. The Labute approximate surface area is 101 Å². The summed E-state index contributed by atoms with van der Waals surface area (Å²) in [4.78, 5) is 0. The summed E-state index contributed by atoms with van der Waals surface area (Å²) in [7, 11) is 4.71. The van der Waals surface area contributed by atoms with Crippen molar-refractivity contribution in [3.8, 4) is 23.0 Å². The van der Waals surface area contributed by atoms with Crippen molar-refractivity contribution in [1.82, 2.24) is 0 Å².